The van der Waals surface area contributed by atoms with E-state index < -0.39 is 24.0 Å². The SMILES string of the molecule is Cc1cc(Br)cc(Cl)c1OCC(=O)OCC(=O)NC1(C#N)CCCC1. The van der Waals surface area contributed by atoms with Crippen LogP contribution in [-0.4, -0.2) is 30.6 Å². The molecule has 0 radical (unpaired) electrons. The predicted molar refractivity (Wildman–Crippen MR) is 95.3 cm³/mol. The van der Waals surface area contributed by atoms with E-state index in [-0.39, 0.29) is 6.61 Å². The molecule has 0 bridgehead atoms. The molecule has 0 atom stereocenters. The van der Waals surface area contributed by atoms with Crippen molar-refractivity contribution in [1.29, 1.82) is 5.26 Å². The van der Waals surface area contributed by atoms with E-state index in [1.165, 1.54) is 0 Å². The molecule has 25 heavy (non-hydrogen) atoms. The van der Waals surface area contributed by atoms with Gasteiger partial charge in [0.05, 0.1) is 11.1 Å². The zero-order chi connectivity index (χ0) is 18.4. The van der Waals surface area contributed by atoms with Crippen molar-refractivity contribution in [2.45, 2.75) is 38.1 Å². The normalized spacial score (nSPS) is 15.3. The van der Waals surface area contributed by atoms with Gasteiger partial charge in [-0.25, -0.2) is 4.79 Å². The lowest BCUT2D eigenvalue weighted by Crippen LogP contribution is -2.46. The second kappa shape index (κ2) is 8.54. The fraction of sp³-hybridized carbons (Fsp3) is 0.471. The maximum atomic E-state index is 11.9. The molecule has 0 aromatic heterocycles. The van der Waals surface area contributed by atoms with Crippen LogP contribution in [0.5, 0.6) is 5.75 Å². The van der Waals surface area contributed by atoms with Gasteiger partial charge < -0.3 is 14.8 Å². The van der Waals surface area contributed by atoms with Crippen LogP contribution in [0.4, 0.5) is 0 Å². The molecule has 1 aliphatic rings. The molecule has 1 aliphatic carbocycles. The number of carbonyl (C=O) groups excluding carboxylic acids is 2. The van der Waals surface area contributed by atoms with Crippen molar-refractivity contribution in [3.05, 3.63) is 27.2 Å². The average molecular weight is 430 g/mol. The summed E-state index contributed by atoms with van der Waals surface area (Å²) >= 11 is 9.39. The minimum absolute atomic E-state index is 0.362. The van der Waals surface area contributed by atoms with E-state index in [0.717, 1.165) is 22.9 Å². The number of amides is 1. The molecule has 1 amide bonds. The molecule has 0 unspecified atom stereocenters. The van der Waals surface area contributed by atoms with Gasteiger partial charge >= 0.3 is 5.97 Å². The van der Waals surface area contributed by atoms with Crippen LogP contribution < -0.4 is 10.1 Å². The monoisotopic (exact) mass is 428 g/mol. The minimum atomic E-state index is -0.831. The molecule has 0 spiro atoms. The summed E-state index contributed by atoms with van der Waals surface area (Å²) in [5.74, 6) is -0.790. The Hall–Kier alpha value is -1.78. The number of nitriles is 1. The number of nitrogens with zero attached hydrogens (tertiary/aromatic N) is 1. The Kier molecular flexibility index (Phi) is 6.68. The highest BCUT2D eigenvalue weighted by Gasteiger charge is 2.35. The Labute approximate surface area is 159 Å². The van der Waals surface area contributed by atoms with Crippen molar-refractivity contribution >= 4 is 39.4 Å². The van der Waals surface area contributed by atoms with Crippen molar-refractivity contribution in [1.82, 2.24) is 5.32 Å². The number of hydrogen-bond donors (Lipinski definition) is 1. The van der Waals surface area contributed by atoms with Gasteiger partial charge in [0.2, 0.25) is 0 Å². The lowest BCUT2D eigenvalue weighted by molar-refractivity contribution is -0.150. The van der Waals surface area contributed by atoms with Crippen LogP contribution in [0.15, 0.2) is 16.6 Å². The second-order valence-electron chi connectivity index (χ2n) is 5.93. The Bertz CT molecular complexity index is 688. The largest absolute Gasteiger partial charge is 0.480 e. The summed E-state index contributed by atoms with van der Waals surface area (Å²) in [6.45, 7) is 0.991. The van der Waals surface area contributed by atoms with Crippen molar-refractivity contribution in [2.75, 3.05) is 13.2 Å². The summed E-state index contributed by atoms with van der Waals surface area (Å²) in [4.78, 5) is 23.6. The Morgan fingerprint density at radius 2 is 2.04 bits per heavy atom. The number of ether oxygens (including phenoxy) is 2. The van der Waals surface area contributed by atoms with E-state index >= 15 is 0 Å². The smallest absolute Gasteiger partial charge is 0.344 e. The molecular formula is C17H18BrClN2O4. The molecule has 0 heterocycles. The summed E-state index contributed by atoms with van der Waals surface area (Å²) in [6.07, 6.45) is 3.03. The lowest BCUT2D eigenvalue weighted by atomic mass is 10.00. The van der Waals surface area contributed by atoms with Crippen molar-refractivity contribution < 1.29 is 19.1 Å². The van der Waals surface area contributed by atoms with Gasteiger partial charge in [-0.2, -0.15) is 5.26 Å². The van der Waals surface area contributed by atoms with Gasteiger partial charge in [0.25, 0.3) is 5.91 Å². The first-order valence-corrected chi connectivity index (χ1v) is 8.99. The molecule has 0 aliphatic heterocycles. The quantitative estimate of drug-likeness (QED) is 0.701. The zero-order valence-corrected chi connectivity index (χ0v) is 16.1. The van der Waals surface area contributed by atoms with Crippen LogP contribution >= 0.6 is 27.5 Å². The summed E-state index contributed by atoms with van der Waals surface area (Å²) in [5, 5.41) is 12.2. The van der Waals surface area contributed by atoms with Crippen molar-refractivity contribution in [2.24, 2.45) is 0 Å². The maximum Gasteiger partial charge on any atom is 0.344 e. The lowest BCUT2D eigenvalue weighted by Gasteiger charge is -2.21. The second-order valence-corrected chi connectivity index (χ2v) is 7.26. The van der Waals surface area contributed by atoms with E-state index in [0.29, 0.717) is 23.6 Å². The van der Waals surface area contributed by atoms with Gasteiger partial charge in [-0.1, -0.05) is 27.5 Å². The van der Waals surface area contributed by atoms with E-state index in [1.54, 1.807) is 13.0 Å². The number of rotatable bonds is 6. The van der Waals surface area contributed by atoms with Crippen molar-refractivity contribution in [3.63, 3.8) is 0 Å². The van der Waals surface area contributed by atoms with Crippen LogP contribution in [0.1, 0.15) is 31.2 Å². The fourth-order valence-electron chi connectivity index (χ4n) is 2.74. The Morgan fingerprint density at radius 3 is 2.64 bits per heavy atom. The van der Waals surface area contributed by atoms with Crippen molar-refractivity contribution in [3.8, 4) is 11.8 Å². The molecule has 134 valence electrons. The number of esters is 1. The van der Waals surface area contributed by atoms with Crippen LogP contribution in [0.25, 0.3) is 0 Å². The van der Waals surface area contributed by atoms with Crippen LogP contribution in [0.3, 0.4) is 0 Å². The van der Waals surface area contributed by atoms with Crippen LogP contribution in [0.2, 0.25) is 5.02 Å². The van der Waals surface area contributed by atoms with Gasteiger partial charge in [0.15, 0.2) is 13.2 Å². The first-order valence-electron chi connectivity index (χ1n) is 7.81. The standard InChI is InChI=1S/C17H18BrClN2O4/c1-11-6-12(18)7-13(19)16(11)25-9-15(23)24-8-14(22)21-17(10-20)4-2-3-5-17/h6-7H,2-5,8-9H2,1H3,(H,21,22). The van der Waals surface area contributed by atoms with Gasteiger partial charge in [0, 0.05) is 4.47 Å². The molecule has 1 fully saturated rings. The van der Waals surface area contributed by atoms with Gasteiger partial charge in [-0.15, -0.1) is 0 Å². The van der Waals surface area contributed by atoms with E-state index in [1.807, 2.05) is 6.07 Å². The van der Waals surface area contributed by atoms with E-state index in [2.05, 4.69) is 27.3 Å². The topological polar surface area (TPSA) is 88.4 Å². The van der Waals surface area contributed by atoms with E-state index in [9.17, 15) is 14.9 Å². The minimum Gasteiger partial charge on any atom is -0.480 e. The highest BCUT2D eigenvalue weighted by atomic mass is 79.9. The first-order chi connectivity index (χ1) is 11.8. The molecule has 8 heteroatoms. The van der Waals surface area contributed by atoms with Gasteiger partial charge in [-0.3, -0.25) is 4.79 Å². The number of carbonyl (C=O) groups is 2. The number of nitrogens with one attached hydrogen (secondary N) is 1. The molecule has 1 N–H and O–H groups in total. The summed E-state index contributed by atoms with van der Waals surface area (Å²) in [7, 11) is 0. The van der Waals surface area contributed by atoms with Gasteiger partial charge in [-0.05, 0) is 50.3 Å². The molecular weight excluding hydrogens is 412 g/mol. The number of benzene rings is 1. The third kappa shape index (κ3) is 5.35. The fourth-order valence-corrected chi connectivity index (χ4v) is 3.76. The maximum absolute atomic E-state index is 11.9. The number of aryl methyl sites for hydroxylation is 1. The molecule has 2 rings (SSSR count). The molecule has 0 saturated heterocycles. The Morgan fingerprint density at radius 1 is 1.36 bits per heavy atom. The van der Waals surface area contributed by atoms with Crippen LogP contribution in [0, 0.1) is 18.3 Å². The average Bonchev–Trinajstić information content (AvgIpc) is 3.01. The van der Waals surface area contributed by atoms with Gasteiger partial charge in [0.1, 0.15) is 11.3 Å². The number of hydrogen-bond acceptors (Lipinski definition) is 5. The third-order valence-corrected chi connectivity index (χ3v) is 4.68. The third-order valence-electron chi connectivity index (χ3n) is 3.94. The van der Waals surface area contributed by atoms with E-state index in [4.69, 9.17) is 21.1 Å². The highest BCUT2D eigenvalue weighted by molar-refractivity contribution is 9.10. The molecule has 1 saturated carbocycles. The molecule has 6 nitrogen and oxygen atoms in total. The molecule has 1 aromatic carbocycles. The summed E-state index contributed by atoms with van der Waals surface area (Å²) in [5.41, 5.74) is -0.0655. The zero-order valence-electron chi connectivity index (χ0n) is 13.7. The number of halogens is 2. The summed E-state index contributed by atoms with van der Waals surface area (Å²) in [6, 6.07) is 5.61. The molecule has 1 aromatic rings. The summed E-state index contributed by atoms with van der Waals surface area (Å²) < 4.78 is 11.1. The van der Waals surface area contributed by atoms with Crippen LogP contribution in [-0.2, 0) is 14.3 Å². The first kappa shape index (κ1) is 19.5. The highest BCUT2D eigenvalue weighted by Crippen LogP contribution is 2.32. The Balaban J connectivity index is 1.79. The predicted octanol–water partition coefficient (Wildman–Crippen LogP) is 3.29.